The summed E-state index contributed by atoms with van der Waals surface area (Å²) < 4.78 is 9.24. The highest BCUT2D eigenvalue weighted by Gasteiger charge is 2.36. The topological polar surface area (TPSA) is 86.3 Å². The Bertz CT molecular complexity index is 1190. The van der Waals surface area contributed by atoms with Gasteiger partial charge in [-0.2, -0.15) is 5.10 Å². The molecule has 1 N–H and O–H groups in total. The molecule has 2 aliphatic heterocycles. The van der Waals surface area contributed by atoms with Crippen LogP contribution in [0.4, 0.5) is 0 Å². The van der Waals surface area contributed by atoms with Crippen LogP contribution in [0.15, 0.2) is 24.5 Å². The van der Waals surface area contributed by atoms with E-state index in [-0.39, 0.29) is 23.5 Å². The molecule has 1 fully saturated rings. The molecule has 0 aliphatic carbocycles. The number of ether oxygens (including phenoxy) is 1. The molecule has 9 heteroatoms. The predicted octanol–water partition coefficient (Wildman–Crippen LogP) is 5.04. The number of carboxylic acid groups (broad SMARTS) is 1. The van der Waals surface area contributed by atoms with Crippen molar-refractivity contribution in [3.05, 3.63) is 40.3 Å². The zero-order chi connectivity index (χ0) is 21.7. The smallest absolute Gasteiger partial charge is 0.334 e. The van der Waals surface area contributed by atoms with Gasteiger partial charge in [0.05, 0.1) is 21.8 Å². The monoisotopic (exact) mass is 461 g/mol. The Morgan fingerprint density at radius 1 is 1.19 bits per heavy atom. The van der Waals surface area contributed by atoms with Crippen molar-refractivity contribution >= 4 is 45.9 Å². The van der Waals surface area contributed by atoms with Crippen LogP contribution in [0, 0.1) is 0 Å². The summed E-state index contributed by atoms with van der Waals surface area (Å²) in [7, 11) is 0. The Morgan fingerprint density at radius 3 is 2.77 bits per heavy atom. The molecule has 162 valence electrons. The molecular weight excluding hydrogens is 441 g/mol. The molecular formula is C22H21Cl2N3O4. The van der Waals surface area contributed by atoms with E-state index in [1.807, 2.05) is 16.9 Å². The number of fused-ring (bicyclic) bond motifs is 3. The lowest BCUT2D eigenvalue weighted by Crippen LogP contribution is -2.27. The van der Waals surface area contributed by atoms with Crippen LogP contribution in [0.25, 0.3) is 22.0 Å². The first-order chi connectivity index (χ1) is 15.0. The van der Waals surface area contributed by atoms with E-state index in [0.29, 0.717) is 30.0 Å². The highest BCUT2D eigenvalue weighted by atomic mass is 35.5. The average Bonchev–Trinajstić information content (AvgIpc) is 3.31. The van der Waals surface area contributed by atoms with E-state index in [9.17, 15) is 14.7 Å². The lowest BCUT2D eigenvalue weighted by molar-refractivity contribution is -0.145. The van der Waals surface area contributed by atoms with Crippen LogP contribution in [0.1, 0.15) is 50.1 Å². The van der Waals surface area contributed by atoms with Crippen molar-refractivity contribution in [2.45, 2.75) is 50.8 Å². The van der Waals surface area contributed by atoms with E-state index >= 15 is 0 Å². The van der Waals surface area contributed by atoms with Crippen LogP contribution in [-0.4, -0.2) is 37.8 Å². The lowest BCUT2D eigenvalue weighted by atomic mass is 10.0. The van der Waals surface area contributed by atoms with Crippen molar-refractivity contribution in [1.29, 1.82) is 0 Å². The van der Waals surface area contributed by atoms with Gasteiger partial charge in [-0.25, -0.2) is 9.48 Å². The highest BCUT2D eigenvalue weighted by molar-refractivity contribution is 6.45. The summed E-state index contributed by atoms with van der Waals surface area (Å²) in [5.41, 5.74) is 2.92. The molecule has 7 nitrogen and oxygen atoms in total. The van der Waals surface area contributed by atoms with Crippen LogP contribution in [0.3, 0.4) is 0 Å². The highest BCUT2D eigenvalue weighted by Crippen LogP contribution is 2.44. The minimum atomic E-state index is -1.33. The normalized spacial score (nSPS) is 21.8. The average molecular weight is 462 g/mol. The number of carboxylic acids is 1. The van der Waals surface area contributed by atoms with Crippen molar-refractivity contribution in [3.63, 3.8) is 0 Å². The second-order valence-electron chi connectivity index (χ2n) is 8.04. The number of carbonyl (C=O) groups is 2. The number of halogens is 2. The standard InChI is InChI=1S/C22H21Cl2N3O4/c23-14-8-7-13-18(12-10-25-26(11-12)17-6-1-2-9-31-17)15-4-3-5-16(28)21(22(29)30)27(15)20(13)19(14)24/h7-8,10-11,17,21H,1-6,9H2,(H,29,30). The van der Waals surface area contributed by atoms with Gasteiger partial charge in [0, 0.05) is 41.4 Å². The number of hydrogen-bond acceptors (Lipinski definition) is 4. The van der Waals surface area contributed by atoms with E-state index in [4.69, 9.17) is 27.9 Å². The molecule has 2 atom stereocenters. The molecule has 2 aliphatic rings. The second-order valence-corrected chi connectivity index (χ2v) is 8.83. The summed E-state index contributed by atoms with van der Waals surface area (Å²) >= 11 is 12.8. The zero-order valence-corrected chi connectivity index (χ0v) is 18.2. The Kier molecular flexibility index (Phi) is 5.28. The number of aromatic nitrogens is 3. The van der Waals surface area contributed by atoms with Gasteiger partial charge in [-0.1, -0.05) is 29.3 Å². The quantitative estimate of drug-likeness (QED) is 0.551. The van der Waals surface area contributed by atoms with Gasteiger partial charge in [0.15, 0.2) is 11.8 Å². The Morgan fingerprint density at radius 2 is 2.03 bits per heavy atom. The molecule has 31 heavy (non-hydrogen) atoms. The third-order valence-electron chi connectivity index (χ3n) is 6.13. The van der Waals surface area contributed by atoms with E-state index in [1.165, 1.54) is 0 Å². The van der Waals surface area contributed by atoms with Crippen LogP contribution >= 0.6 is 23.2 Å². The first-order valence-electron chi connectivity index (χ1n) is 10.4. The molecule has 5 rings (SSSR count). The third-order valence-corrected chi connectivity index (χ3v) is 6.93. The fourth-order valence-corrected chi connectivity index (χ4v) is 5.16. The number of ketones is 1. The maximum Gasteiger partial charge on any atom is 0.334 e. The molecule has 0 saturated carbocycles. The van der Waals surface area contributed by atoms with Crippen LogP contribution in [0.2, 0.25) is 10.0 Å². The Balaban J connectivity index is 1.76. The van der Waals surface area contributed by atoms with Gasteiger partial charge in [0.25, 0.3) is 0 Å². The number of rotatable bonds is 3. The predicted molar refractivity (Wildman–Crippen MR) is 117 cm³/mol. The Labute approximate surface area is 188 Å². The lowest BCUT2D eigenvalue weighted by Gasteiger charge is -2.22. The molecule has 0 amide bonds. The molecule has 2 unspecified atom stereocenters. The summed E-state index contributed by atoms with van der Waals surface area (Å²) in [5.74, 6) is -1.53. The van der Waals surface area contributed by atoms with E-state index in [2.05, 4.69) is 5.10 Å². The van der Waals surface area contributed by atoms with Crippen molar-refractivity contribution in [3.8, 4) is 11.1 Å². The number of aliphatic carboxylic acids is 1. The number of hydrogen-bond donors (Lipinski definition) is 1. The fraction of sp³-hybridized carbons (Fsp3) is 0.409. The molecule has 0 radical (unpaired) electrons. The van der Waals surface area contributed by atoms with Gasteiger partial charge in [0.1, 0.15) is 6.23 Å². The fourth-order valence-electron chi connectivity index (χ4n) is 4.76. The van der Waals surface area contributed by atoms with E-state index in [1.54, 1.807) is 16.8 Å². The van der Waals surface area contributed by atoms with Crippen molar-refractivity contribution in [1.82, 2.24) is 14.3 Å². The summed E-state index contributed by atoms with van der Waals surface area (Å²) in [6.45, 7) is 0.709. The molecule has 4 heterocycles. The molecule has 2 aromatic heterocycles. The molecule has 1 saturated heterocycles. The van der Waals surface area contributed by atoms with Crippen molar-refractivity contribution in [2.75, 3.05) is 6.61 Å². The number of carbonyl (C=O) groups excluding carboxylic acids is 1. The number of Topliss-reactive ketones (excluding diaryl/α,β-unsaturated/α-hetero) is 1. The molecule has 0 spiro atoms. The molecule has 1 aromatic carbocycles. The SMILES string of the molecule is O=C(O)C1C(=O)CCCc2c(-c3cnn(C4CCCCO4)c3)c3ccc(Cl)c(Cl)c3n21. The number of benzene rings is 1. The van der Waals surface area contributed by atoms with Gasteiger partial charge >= 0.3 is 5.97 Å². The first-order valence-corrected chi connectivity index (χ1v) is 11.2. The van der Waals surface area contributed by atoms with Crippen molar-refractivity contribution in [2.24, 2.45) is 0 Å². The summed E-state index contributed by atoms with van der Waals surface area (Å²) in [4.78, 5) is 24.8. The molecule has 0 bridgehead atoms. The van der Waals surface area contributed by atoms with Crippen LogP contribution in [-0.2, 0) is 20.7 Å². The second kappa shape index (κ2) is 7.97. The maximum atomic E-state index is 12.7. The van der Waals surface area contributed by atoms with Crippen molar-refractivity contribution < 1.29 is 19.4 Å². The molecule has 3 aromatic rings. The van der Waals surface area contributed by atoms with E-state index < -0.39 is 12.0 Å². The van der Waals surface area contributed by atoms with Gasteiger partial charge in [0.2, 0.25) is 0 Å². The van der Waals surface area contributed by atoms with Crippen LogP contribution < -0.4 is 0 Å². The Hall–Kier alpha value is -2.35. The van der Waals surface area contributed by atoms with Gasteiger partial charge in [-0.15, -0.1) is 0 Å². The van der Waals surface area contributed by atoms with Gasteiger partial charge < -0.3 is 14.4 Å². The summed E-state index contributed by atoms with van der Waals surface area (Å²) in [5, 5.41) is 15.7. The maximum absolute atomic E-state index is 12.7. The van der Waals surface area contributed by atoms with Gasteiger partial charge in [-0.3, -0.25) is 4.79 Å². The minimum absolute atomic E-state index is 0.110. The minimum Gasteiger partial charge on any atom is -0.479 e. The van der Waals surface area contributed by atoms with E-state index in [0.717, 1.165) is 41.5 Å². The number of nitrogens with zero attached hydrogens (tertiary/aromatic N) is 3. The third kappa shape index (κ3) is 3.35. The summed E-state index contributed by atoms with van der Waals surface area (Å²) in [6, 6.07) is 2.20. The van der Waals surface area contributed by atoms with Crippen LogP contribution in [0.5, 0.6) is 0 Å². The zero-order valence-electron chi connectivity index (χ0n) is 16.7. The largest absolute Gasteiger partial charge is 0.479 e. The van der Waals surface area contributed by atoms with Gasteiger partial charge in [-0.05, 0) is 38.2 Å². The summed E-state index contributed by atoms with van der Waals surface area (Å²) in [6.07, 6.45) is 7.93. The first kappa shape index (κ1) is 20.5.